The van der Waals surface area contributed by atoms with E-state index in [2.05, 4.69) is 41.5 Å². The number of anilines is 1. The van der Waals surface area contributed by atoms with E-state index in [0.29, 0.717) is 24.1 Å². The molecule has 4 heterocycles. The van der Waals surface area contributed by atoms with Crippen molar-refractivity contribution in [3.8, 4) is 17.1 Å². The number of ether oxygens (including phenoxy) is 1. The molecule has 0 spiro atoms. The fourth-order valence-electron chi connectivity index (χ4n) is 4.15. The third-order valence-electron chi connectivity index (χ3n) is 5.86. The maximum atomic E-state index is 10.8. The SMILES string of the molecule is C[C@@H]1COCCN1c1cc(O)c2ccnc(-c3ccnn3CCCC[Si](C)(C)C)c2n1. The Hall–Kier alpha value is -2.45. The zero-order valence-electron chi connectivity index (χ0n) is 19.0. The molecule has 7 nitrogen and oxygen atoms in total. The van der Waals surface area contributed by atoms with Gasteiger partial charge in [0.15, 0.2) is 0 Å². The van der Waals surface area contributed by atoms with E-state index < -0.39 is 8.07 Å². The lowest BCUT2D eigenvalue weighted by Gasteiger charge is -2.34. The van der Waals surface area contributed by atoms with Crippen LogP contribution in [0.3, 0.4) is 0 Å². The molecule has 4 rings (SSSR count). The summed E-state index contributed by atoms with van der Waals surface area (Å²) >= 11 is 0. The first-order chi connectivity index (χ1) is 14.8. The van der Waals surface area contributed by atoms with Crippen LogP contribution in [0.2, 0.25) is 25.7 Å². The average molecular weight is 440 g/mol. The number of aryl methyl sites for hydroxylation is 1. The first kappa shape index (κ1) is 21.8. The minimum atomic E-state index is -1.02. The lowest BCUT2D eigenvalue weighted by molar-refractivity contribution is 0.0985. The van der Waals surface area contributed by atoms with Crippen molar-refractivity contribution in [2.24, 2.45) is 0 Å². The number of pyridine rings is 2. The third-order valence-corrected chi connectivity index (χ3v) is 7.71. The highest BCUT2D eigenvalue weighted by Crippen LogP contribution is 2.34. The molecule has 1 saturated heterocycles. The Kier molecular flexibility index (Phi) is 6.29. The summed E-state index contributed by atoms with van der Waals surface area (Å²) in [5, 5.41) is 16.0. The Morgan fingerprint density at radius 1 is 1.19 bits per heavy atom. The summed E-state index contributed by atoms with van der Waals surface area (Å²) in [5.74, 6) is 0.986. The van der Waals surface area contributed by atoms with Gasteiger partial charge in [0.05, 0.1) is 24.9 Å². The Labute approximate surface area is 185 Å². The van der Waals surface area contributed by atoms with Crippen molar-refractivity contribution >= 4 is 24.8 Å². The van der Waals surface area contributed by atoms with Gasteiger partial charge >= 0.3 is 0 Å². The molecule has 31 heavy (non-hydrogen) atoms. The lowest BCUT2D eigenvalue weighted by atomic mass is 10.1. The van der Waals surface area contributed by atoms with Crippen LogP contribution in [-0.4, -0.2) is 58.7 Å². The Morgan fingerprint density at radius 3 is 2.81 bits per heavy atom. The normalized spacial score (nSPS) is 17.4. The van der Waals surface area contributed by atoms with Gasteiger partial charge in [-0.3, -0.25) is 9.67 Å². The van der Waals surface area contributed by atoms with Crippen LogP contribution < -0.4 is 4.90 Å². The molecule has 166 valence electrons. The van der Waals surface area contributed by atoms with Crippen LogP contribution in [0.25, 0.3) is 22.3 Å². The minimum absolute atomic E-state index is 0.204. The van der Waals surface area contributed by atoms with Crippen molar-refractivity contribution in [3.63, 3.8) is 0 Å². The van der Waals surface area contributed by atoms with E-state index in [0.717, 1.165) is 36.7 Å². The van der Waals surface area contributed by atoms with E-state index in [1.807, 2.05) is 23.0 Å². The summed E-state index contributed by atoms with van der Waals surface area (Å²) < 4.78 is 7.59. The van der Waals surface area contributed by atoms with Crippen molar-refractivity contribution in [2.45, 2.75) is 58.0 Å². The quantitative estimate of drug-likeness (QED) is 0.430. The third kappa shape index (κ3) is 4.90. The maximum absolute atomic E-state index is 10.8. The van der Waals surface area contributed by atoms with Gasteiger partial charge in [-0.25, -0.2) is 4.98 Å². The van der Waals surface area contributed by atoms with Gasteiger partial charge in [-0.2, -0.15) is 5.10 Å². The molecule has 0 amide bonds. The molecule has 0 saturated carbocycles. The first-order valence-corrected chi connectivity index (χ1v) is 14.9. The molecule has 1 N–H and O–H groups in total. The first-order valence-electron chi connectivity index (χ1n) is 11.2. The number of hydrogen-bond acceptors (Lipinski definition) is 6. The van der Waals surface area contributed by atoms with E-state index in [9.17, 15) is 5.11 Å². The summed E-state index contributed by atoms with van der Waals surface area (Å²) in [7, 11) is -1.02. The highest BCUT2D eigenvalue weighted by atomic mass is 28.3. The van der Waals surface area contributed by atoms with Gasteiger partial charge in [-0.1, -0.05) is 32.1 Å². The number of morpholine rings is 1. The molecular formula is C23H33N5O2Si. The fraction of sp³-hybridized carbons (Fsp3) is 0.522. The number of aromatic nitrogens is 4. The number of unbranched alkanes of at least 4 members (excludes halogenated alkanes) is 1. The monoisotopic (exact) mass is 439 g/mol. The van der Waals surface area contributed by atoms with Crippen LogP contribution >= 0.6 is 0 Å². The summed E-state index contributed by atoms with van der Waals surface area (Å²) in [6.07, 6.45) is 5.87. The molecule has 1 atom stereocenters. The topological polar surface area (TPSA) is 76.3 Å². The Bertz CT molecular complexity index is 1050. The maximum Gasteiger partial charge on any atom is 0.133 e. The molecule has 0 aliphatic carbocycles. The summed E-state index contributed by atoms with van der Waals surface area (Å²) in [5.41, 5.74) is 2.41. The second-order valence-electron chi connectivity index (χ2n) is 9.63. The molecule has 0 aromatic carbocycles. The summed E-state index contributed by atoms with van der Waals surface area (Å²) in [6.45, 7) is 12.3. The molecule has 1 aliphatic heterocycles. The molecule has 1 aliphatic rings. The predicted octanol–water partition coefficient (Wildman–Crippen LogP) is 4.54. The molecule has 3 aromatic rings. The molecule has 8 heteroatoms. The van der Waals surface area contributed by atoms with Crippen LogP contribution in [-0.2, 0) is 11.3 Å². The van der Waals surface area contributed by atoms with E-state index in [-0.39, 0.29) is 11.8 Å². The van der Waals surface area contributed by atoms with Crippen LogP contribution in [0.4, 0.5) is 5.82 Å². The van der Waals surface area contributed by atoms with Crippen LogP contribution in [0.1, 0.15) is 19.8 Å². The van der Waals surface area contributed by atoms with Gasteiger partial charge in [0.1, 0.15) is 22.8 Å². The van der Waals surface area contributed by atoms with Gasteiger partial charge in [0.25, 0.3) is 0 Å². The second kappa shape index (κ2) is 8.96. The summed E-state index contributed by atoms with van der Waals surface area (Å²) in [4.78, 5) is 11.8. The number of hydrogen-bond donors (Lipinski definition) is 1. The zero-order valence-corrected chi connectivity index (χ0v) is 20.0. The highest BCUT2D eigenvalue weighted by Gasteiger charge is 2.23. The van der Waals surface area contributed by atoms with E-state index in [1.54, 1.807) is 12.3 Å². The number of aromatic hydroxyl groups is 1. The molecule has 0 radical (unpaired) electrons. The average Bonchev–Trinajstić information content (AvgIpc) is 3.19. The second-order valence-corrected chi connectivity index (χ2v) is 15.3. The zero-order chi connectivity index (χ0) is 22.0. The number of fused-ring (bicyclic) bond motifs is 1. The Morgan fingerprint density at radius 2 is 2.03 bits per heavy atom. The molecule has 1 fully saturated rings. The smallest absolute Gasteiger partial charge is 0.133 e. The van der Waals surface area contributed by atoms with E-state index >= 15 is 0 Å². The molecular weight excluding hydrogens is 406 g/mol. The number of nitrogens with zero attached hydrogens (tertiary/aromatic N) is 5. The van der Waals surface area contributed by atoms with E-state index in [4.69, 9.17) is 9.72 Å². The number of rotatable bonds is 7. The van der Waals surface area contributed by atoms with Gasteiger partial charge in [0, 0.05) is 45.0 Å². The molecule has 0 unspecified atom stereocenters. The Balaban J connectivity index is 1.66. The largest absolute Gasteiger partial charge is 0.507 e. The van der Waals surface area contributed by atoms with Crippen LogP contribution in [0.5, 0.6) is 5.75 Å². The molecule has 3 aromatic heterocycles. The van der Waals surface area contributed by atoms with Crippen molar-refractivity contribution in [2.75, 3.05) is 24.7 Å². The standard InChI is InChI=1S/C23H33N5O2Si/c1-17-16-30-13-12-27(17)21-15-20(29)18-7-9-24-23(22(18)26-21)19-8-10-25-28(19)11-5-6-14-31(2,3)4/h7-10,15,17H,5-6,11-14,16H2,1-4H3,(H,26,29)/t17-/m1/s1. The fourth-order valence-corrected chi connectivity index (χ4v) is 5.46. The van der Waals surface area contributed by atoms with Gasteiger partial charge in [-0.15, -0.1) is 0 Å². The minimum Gasteiger partial charge on any atom is -0.507 e. The van der Waals surface area contributed by atoms with Crippen molar-refractivity contribution in [3.05, 3.63) is 30.6 Å². The van der Waals surface area contributed by atoms with Crippen LogP contribution in [0.15, 0.2) is 30.6 Å². The van der Waals surface area contributed by atoms with Crippen molar-refractivity contribution < 1.29 is 9.84 Å². The van der Waals surface area contributed by atoms with Gasteiger partial charge < -0.3 is 14.7 Å². The van der Waals surface area contributed by atoms with Gasteiger partial charge in [-0.05, 0) is 25.5 Å². The van der Waals surface area contributed by atoms with Crippen molar-refractivity contribution in [1.82, 2.24) is 19.7 Å². The summed E-state index contributed by atoms with van der Waals surface area (Å²) in [6, 6.07) is 7.09. The van der Waals surface area contributed by atoms with Gasteiger partial charge in [0.2, 0.25) is 0 Å². The molecule has 0 bridgehead atoms. The van der Waals surface area contributed by atoms with Crippen molar-refractivity contribution in [1.29, 1.82) is 0 Å². The van der Waals surface area contributed by atoms with Crippen LogP contribution in [0, 0.1) is 0 Å². The lowest BCUT2D eigenvalue weighted by Crippen LogP contribution is -2.44. The van der Waals surface area contributed by atoms with E-state index in [1.165, 1.54) is 12.5 Å². The highest BCUT2D eigenvalue weighted by molar-refractivity contribution is 6.76. The predicted molar refractivity (Wildman–Crippen MR) is 127 cm³/mol.